The van der Waals surface area contributed by atoms with E-state index in [4.69, 9.17) is 17.3 Å². The number of nitrogens with two attached hydrogens (primary N) is 1. The van der Waals surface area contributed by atoms with E-state index in [9.17, 15) is 0 Å². The first kappa shape index (κ1) is 9.57. The van der Waals surface area contributed by atoms with Gasteiger partial charge in [0.1, 0.15) is 5.01 Å². The Morgan fingerprint density at radius 3 is 2.86 bits per heavy atom. The van der Waals surface area contributed by atoms with Gasteiger partial charge in [-0.25, -0.2) is 4.68 Å². The summed E-state index contributed by atoms with van der Waals surface area (Å²) >= 11 is 7.27. The van der Waals surface area contributed by atoms with Gasteiger partial charge in [0.2, 0.25) is 5.13 Å². The van der Waals surface area contributed by atoms with E-state index in [1.54, 1.807) is 10.9 Å². The first-order valence-electron chi connectivity index (χ1n) is 3.95. The molecule has 2 N–H and O–H groups in total. The average Bonchev–Trinajstić information content (AvgIpc) is 2.74. The number of nitrogens with zero attached hydrogens (tertiary/aromatic N) is 4. The molecule has 2 rings (SSSR count). The fourth-order valence-corrected chi connectivity index (χ4v) is 1.73. The predicted octanol–water partition coefficient (Wildman–Crippen LogP) is 1.14. The van der Waals surface area contributed by atoms with Crippen LogP contribution in [0.25, 0.3) is 5.13 Å². The summed E-state index contributed by atoms with van der Waals surface area (Å²) in [5.74, 6) is 0. The van der Waals surface area contributed by atoms with Gasteiger partial charge in [0, 0.05) is 6.54 Å². The quantitative estimate of drug-likeness (QED) is 0.839. The van der Waals surface area contributed by atoms with Crippen molar-refractivity contribution in [3.05, 3.63) is 21.9 Å². The molecule has 2 aromatic heterocycles. The van der Waals surface area contributed by atoms with Crippen LogP contribution in [0.2, 0.25) is 5.02 Å². The van der Waals surface area contributed by atoms with Gasteiger partial charge < -0.3 is 5.73 Å². The number of rotatable bonds is 2. The van der Waals surface area contributed by atoms with Crippen LogP contribution in [0.3, 0.4) is 0 Å². The second-order valence-corrected chi connectivity index (χ2v) is 4.14. The molecule has 74 valence electrons. The van der Waals surface area contributed by atoms with Crippen molar-refractivity contribution in [1.29, 1.82) is 0 Å². The molecule has 0 spiro atoms. The van der Waals surface area contributed by atoms with Crippen LogP contribution in [0.5, 0.6) is 0 Å². The molecule has 0 aliphatic rings. The summed E-state index contributed by atoms with van der Waals surface area (Å²) in [6.07, 6.45) is 1.71. The third-order valence-corrected chi connectivity index (χ3v) is 2.97. The van der Waals surface area contributed by atoms with E-state index in [0.29, 0.717) is 16.7 Å². The summed E-state index contributed by atoms with van der Waals surface area (Å²) in [7, 11) is 0. The number of hydrogen-bond acceptors (Lipinski definition) is 5. The molecule has 0 saturated heterocycles. The highest BCUT2D eigenvalue weighted by molar-refractivity contribution is 7.13. The van der Waals surface area contributed by atoms with Crippen LogP contribution in [-0.4, -0.2) is 20.0 Å². The van der Waals surface area contributed by atoms with E-state index in [-0.39, 0.29) is 0 Å². The lowest BCUT2D eigenvalue weighted by Gasteiger charge is -1.89. The number of aryl methyl sites for hydroxylation is 1. The lowest BCUT2D eigenvalue weighted by Crippen LogP contribution is -1.94. The Hall–Kier alpha value is -0.980. The van der Waals surface area contributed by atoms with Crippen LogP contribution >= 0.6 is 22.9 Å². The van der Waals surface area contributed by atoms with Crippen LogP contribution < -0.4 is 5.73 Å². The molecule has 0 bridgehead atoms. The third kappa shape index (κ3) is 1.63. The number of hydrogen-bond donors (Lipinski definition) is 1. The molecular weight excluding hydrogens is 222 g/mol. The molecule has 2 heterocycles. The van der Waals surface area contributed by atoms with Crippen molar-refractivity contribution < 1.29 is 0 Å². The minimum absolute atomic E-state index is 0.394. The Labute approximate surface area is 89.5 Å². The van der Waals surface area contributed by atoms with E-state index >= 15 is 0 Å². The number of aromatic nitrogens is 4. The molecule has 0 aromatic carbocycles. The van der Waals surface area contributed by atoms with Gasteiger partial charge in [-0.3, -0.25) is 0 Å². The van der Waals surface area contributed by atoms with Crippen molar-refractivity contribution in [2.75, 3.05) is 0 Å². The first-order chi connectivity index (χ1) is 6.70. The smallest absolute Gasteiger partial charge is 0.232 e. The van der Waals surface area contributed by atoms with E-state index in [1.807, 2.05) is 6.92 Å². The molecule has 0 unspecified atom stereocenters. The largest absolute Gasteiger partial charge is 0.324 e. The van der Waals surface area contributed by atoms with Crippen LogP contribution in [-0.2, 0) is 6.54 Å². The van der Waals surface area contributed by atoms with Gasteiger partial charge in [-0.15, -0.1) is 10.2 Å². The van der Waals surface area contributed by atoms with Crippen LogP contribution in [0.4, 0.5) is 0 Å². The van der Waals surface area contributed by atoms with Gasteiger partial charge >= 0.3 is 0 Å². The first-order valence-corrected chi connectivity index (χ1v) is 5.14. The zero-order chi connectivity index (χ0) is 10.1. The van der Waals surface area contributed by atoms with Gasteiger partial charge in [-0.1, -0.05) is 22.9 Å². The molecule has 0 atom stereocenters. The van der Waals surface area contributed by atoms with E-state index in [1.165, 1.54) is 11.3 Å². The summed E-state index contributed by atoms with van der Waals surface area (Å²) in [5.41, 5.74) is 6.20. The molecule has 0 saturated carbocycles. The van der Waals surface area contributed by atoms with Crippen molar-refractivity contribution in [2.24, 2.45) is 5.73 Å². The maximum Gasteiger partial charge on any atom is 0.232 e. The Balaban J connectivity index is 2.39. The molecule has 0 amide bonds. The summed E-state index contributed by atoms with van der Waals surface area (Å²) in [5, 5.41) is 14.1. The monoisotopic (exact) mass is 229 g/mol. The second kappa shape index (κ2) is 3.64. The molecule has 0 aliphatic heterocycles. The van der Waals surface area contributed by atoms with E-state index in [2.05, 4.69) is 15.3 Å². The maximum atomic E-state index is 5.87. The fourth-order valence-electron chi connectivity index (χ4n) is 0.957. The molecule has 0 radical (unpaired) electrons. The average molecular weight is 230 g/mol. The summed E-state index contributed by atoms with van der Waals surface area (Å²) in [6.45, 7) is 2.23. The zero-order valence-corrected chi connectivity index (χ0v) is 9.01. The van der Waals surface area contributed by atoms with Crippen LogP contribution in [0, 0.1) is 6.92 Å². The summed E-state index contributed by atoms with van der Waals surface area (Å²) < 4.78 is 1.61. The minimum atomic E-state index is 0.394. The van der Waals surface area contributed by atoms with Crippen molar-refractivity contribution >= 4 is 22.9 Å². The summed E-state index contributed by atoms with van der Waals surface area (Å²) in [6, 6.07) is 0. The van der Waals surface area contributed by atoms with Gasteiger partial charge in [0.25, 0.3) is 0 Å². The Morgan fingerprint density at radius 1 is 1.57 bits per heavy atom. The van der Waals surface area contributed by atoms with Gasteiger partial charge in [-0.05, 0) is 6.92 Å². The third-order valence-electron chi connectivity index (χ3n) is 1.67. The van der Waals surface area contributed by atoms with Crippen LogP contribution in [0.1, 0.15) is 10.7 Å². The molecule has 0 fully saturated rings. The summed E-state index contributed by atoms with van der Waals surface area (Å²) in [4.78, 5) is 0. The lowest BCUT2D eigenvalue weighted by molar-refractivity contribution is 0.826. The maximum absolute atomic E-state index is 5.87. The Kier molecular flexibility index (Phi) is 2.49. The molecular formula is C7H8ClN5S. The van der Waals surface area contributed by atoms with Gasteiger partial charge in [0.15, 0.2) is 0 Å². The Bertz CT molecular complexity index is 429. The van der Waals surface area contributed by atoms with Crippen molar-refractivity contribution in [3.63, 3.8) is 0 Å². The molecule has 14 heavy (non-hydrogen) atoms. The van der Waals surface area contributed by atoms with E-state index < -0.39 is 0 Å². The van der Waals surface area contributed by atoms with Crippen molar-refractivity contribution in [3.8, 4) is 5.13 Å². The highest BCUT2D eigenvalue weighted by Gasteiger charge is 2.08. The van der Waals surface area contributed by atoms with Crippen molar-refractivity contribution in [2.45, 2.75) is 13.5 Å². The van der Waals surface area contributed by atoms with E-state index in [0.717, 1.165) is 10.7 Å². The molecule has 0 aliphatic carbocycles. The lowest BCUT2D eigenvalue weighted by atomic mass is 10.5. The number of halogens is 1. The topological polar surface area (TPSA) is 69.6 Å². The molecule has 5 nitrogen and oxygen atoms in total. The van der Waals surface area contributed by atoms with Gasteiger partial charge in [0.05, 0.1) is 16.9 Å². The Morgan fingerprint density at radius 2 is 2.36 bits per heavy atom. The minimum Gasteiger partial charge on any atom is -0.324 e. The fraction of sp³-hybridized carbons (Fsp3) is 0.286. The molecule has 7 heteroatoms. The normalized spacial score (nSPS) is 10.8. The molecule has 2 aromatic rings. The second-order valence-electron chi connectivity index (χ2n) is 2.69. The van der Waals surface area contributed by atoms with Gasteiger partial charge in [-0.2, -0.15) is 5.10 Å². The zero-order valence-electron chi connectivity index (χ0n) is 7.44. The van der Waals surface area contributed by atoms with Crippen molar-refractivity contribution in [1.82, 2.24) is 20.0 Å². The SMILES string of the molecule is Cc1nn(-c2nnc(CN)s2)cc1Cl. The highest BCUT2D eigenvalue weighted by Crippen LogP contribution is 2.18. The van der Waals surface area contributed by atoms with Crippen LogP contribution in [0.15, 0.2) is 6.20 Å². The highest BCUT2D eigenvalue weighted by atomic mass is 35.5. The predicted molar refractivity (Wildman–Crippen MR) is 54.7 cm³/mol. The standard InChI is InChI=1S/C7H8ClN5S/c1-4-5(8)3-13(12-4)7-11-10-6(2-9)14-7/h3H,2,9H2,1H3.